The number of likely N-dealkylation sites (tertiary alicyclic amines) is 1. The Bertz CT molecular complexity index is 650. The molecule has 0 bridgehead atoms. The Morgan fingerprint density at radius 1 is 1.04 bits per heavy atom. The average Bonchev–Trinajstić information content (AvgIpc) is 2.60. The van der Waals surface area contributed by atoms with Gasteiger partial charge in [0.15, 0.2) is 0 Å². The number of halogens is 2. The van der Waals surface area contributed by atoms with Gasteiger partial charge in [0.05, 0.1) is 19.2 Å². The van der Waals surface area contributed by atoms with Crippen LogP contribution in [0.3, 0.4) is 0 Å². The van der Waals surface area contributed by atoms with Gasteiger partial charge in [-0.2, -0.15) is 5.26 Å². The zero-order valence-electron chi connectivity index (χ0n) is 13.3. The van der Waals surface area contributed by atoms with Gasteiger partial charge >= 0.3 is 0 Å². The fourth-order valence-electron chi connectivity index (χ4n) is 3.33. The first-order chi connectivity index (χ1) is 11.7. The van der Waals surface area contributed by atoms with Crippen LogP contribution >= 0.6 is 0 Å². The lowest BCUT2D eigenvalue weighted by atomic mass is 9.76. The molecule has 0 saturated carbocycles. The van der Waals surface area contributed by atoms with E-state index in [4.69, 9.17) is 5.26 Å². The number of rotatable bonds is 4. The molecule has 0 spiro atoms. The standard InChI is InChI=1S/C20H18F2N2/c21-18-5-1-15(2-6-18)20(16-3-7-19(22)8-4-16)17-9-12-24(13-10-17)14-11-23/h1-8,17,20H,9-10,12,14H2. The largest absolute Gasteiger partial charge is 0.281 e. The Labute approximate surface area is 141 Å². The molecule has 0 N–H and O–H groups in total. The molecule has 2 aromatic rings. The van der Waals surface area contributed by atoms with Crippen molar-refractivity contribution in [2.24, 2.45) is 5.92 Å². The molecule has 1 aliphatic heterocycles. The predicted molar refractivity (Wildman–Crippen MR) is 87.8 cm³/mol. The fourth-order valence-corrected chi connectivity index (χ4v) is 3.33. The minimum absolute atomic E-state index is 0.0583. The summed E-state index contributed by atoms with van der Waals surface area (Å²) in [5.41, 5.74) is 2.03. The smallest absolute Gasteiger partial charge is 0.123 e. The number of hydrogen-bond acceptors (Lipinski definition) is 2. The highest BCUT2D eigenvalue weighted by atomic mass is 19.1. The van der Waals surface area contributed by atoms with E-state index < -0.39 is 0 Å². The van der Waals surface area contributed by atoms with E-state index in [1.807, 2.05) is 4.90 Å². The number of nitrogens with zero attached hydrogens (tertiary/aromatic N) is 2. The zero-order valence-corrected chi connectivity index (χ0v) is 13.3. The van der Waals surface area contributed by atoms with Crippen molar-refractivity contribution in [3.05, 3.63) is 77.8 Å². The highest BCUT2D eigenvalue weighted by Crippen LogP contribution is 2.39. The van der Waals surface area contributed by atoms with Gasteiger partial charge in [0, 0.05) is 12.5 Å². The normalized spacial score (nSPS) is 16.2. The summed E-state index contributed by atoms with van der Waals surface area (Å²) >= 11 is 0. The van der Waals surface area contributed by atoms with E-state index in [2.05, 4.69) is 12.6 Å². The van der Waals surface area contributed by atoms with Gasteiger partial charge in [-0.3, -0.25) is 4.90 Å². The minimum atomic E-state index is -0.265. The first-order valence-corrected chi connectivity index (χ1v) is 8.03. The molecule has 2 aromatic carbocycles. The topological polar surface area (TPSA) is 27.0 Å². The third-order valence-electron chi connectivity index (χ3n) is 4.54. The SMILES string of the molecule is N#CCN1[C]CC(C(c2ccc(F)cc2)c2ccc(F)cc2)CC1. The summed E-state index contributed by atoms with van der Waals surface area (Å²) in [6.45, 7) is 4.40. The molecule has 24 heavy (non-hydrogen) atoms. The monoisotopic (exact) mass is 324 g/mol. The van der Waals surface area contributed by atoms with E-state index in [9.17, 15) is 8.78 Å². The molecule has 1 unspecified atom stereocenters. The van der Waals surface area contributed by atoms with Crippen LogP contribution in [0.25, 0.3) is 0 Å². The van der Waals surface area contributed by atoms with E-state index in [-0.39, 0.29) is 23.5 Å². The molecule has 1 atom stereocenters. The van der Waals surface area contributed by atoms with Gasteiger partial charge in [-0.1, -0.05) is 24.3 Å². The van der Waals surface area contributed by atoms with Crippen molar-refractivity contribution in [3.63, 3.8) is 0 Å². The summed E-state index contributed by atoms with van der Waals surface area (Å²) in [6, 6.07) is 15.2. The van der Waals surface area contributed by atoms with Crippen LogP contribution in [0.4, 0.5) is 8.78 Å². The van der Waals surface area contributed by atoms with Gasteiger partial charge in [0.2, 0.25) is 0 Å². The zero-order chi connectivity index (χ0) is 16.9. The maximum atomic E-state index is 13.3. The quantitative estimate of drug-likeness (QED) is 0.781. The second-order valence-electron chi connectivity index (χ2n) is 6.07. The van der Waals surface area contributed by atoms with E-state index in [0.717, 1.165) is 30.5 Å². The minimum Gasteiger partial charge on any atom is -0.281 e. The lowest BCUT2D eigenvalue weighted by molar-refractivity contribution is 0.239. The molecule has 0 aliphatic carbocycles. The van der Waals surface area contributed by atoms with Crippen molar-refractivity contribution in [1.82, 2.24) is 4.90 Å². The average molecular weight is 324 g/mol. The van der Waals surface area contributed by atoms with Crippen LogP contribution in [0.15, 0.2) is 48.5 Å². The molecular weight excluding hydrogens is 306 g/mol. The molecule has 4 heteroatoms. The summed E-state index contributed by atoms with van der Waals surface area (Å²) in [5, 5.41) is 8.80. The van der Waals surface area contributed by atoms with E-state index in [0.29, 0.717) is 6.54 Å². The van der Waals surface area contributed by atoms with Crippen LogP contribution in [0.5, 0.6) is 0 Å². The van der Waals surface area contributed by atoms with Gasteiger partial charge in [0.25, 0.3) is 0 Å². The molecule has 1 heterocycles. The fraction of sp³-hybridized carbons (Fsp3) is 0.300. The lowest BCUT2D eigenvalue weighted by Crippen LogP contribution is -2.32. The van der Waals surface area contributed by atoms with Gasteiger partial charge in [-0.05, 0) is 54.2 Å². The van der Waals surface area contributed by atoms with Crippen molar-refractivity contribution < 1.29 is 8.78 Å². The Hall–Kier alpha value is -2.25. The van der Waals surface area contributed by atoms with Gasteiger partial charge < -0.3 is 0 Å². The molecule has 2 radical (unpaired) electrons. The van der Waals surface area contributed by atoms with Crippen molar-refractivity contribution in [2.45, 2.75) is 18.8 Å². The molecule has 1 saturated heterocycles. The summed E-state index contributed by atoms with van der Waals surface area (Å²) in [7, 11) is 0. The molecule has 3 rings (SSSR count). The third kappa shape index (κ3) is 3.80. The van der Waals surface area contributed by atoms with Crippen molar-refractivity contribution >= 4 is 0 Å². The second-order valence-corrected chi connectivity index (χ2v) is 6.07. The van der Waals surface area contributed by atoms with E-state index in [1.165, 1.54) is 24.3 Å². The van der Waals surface area contributed by atoms with Gasteiger partial charge in [-0.25, -0.2) is 8.78 Å². The maximum absolute atomic E-state index is 13.3. The third-order valence-corrected chi connectivity index (χ3v) is 4.54. The lowest BCUT2D eigenvalue weighted by Gasteiger charge is -2.35. The molecule has 0 aromatic heterocycles. The number of benzene rings is 2. The highest BCUT2D eigenvalue weighted by molar-refractivity contribution is 5.34. The highest BCUT2D eigenvalue weighted by Gasteiger charge is 2.29. The van der Waals surface area contributed by atoms with E-state index in [1.54, 1.807) is 24.3 Å². The number of piperidine rings is 1. The summed E-state index contributed by atoms with van der Waals surface area (Å²) in [4.78, 5) is 1.91. The Morgan fingerprint density at radius 2 is 1.58 bits per heavy atom. The molecule has 2 nitrogen and oxygen atoms in total. The molecule has 0 amide bonds. The summed E-state index contributed by atoms with van der Waals surface area (Å²) in [6.07, 6.45) is 1.63. The van der Waals surface area contributed by atoms with Crippen LogP contribution in [-0.4, -0.2) is 18.0 Å². The molecule has 1 fully saturated rings. The number of hydrogen-bond donors (Lipinski definition) is 0. The Kier molecular flexibility index (Phi) is 5.22. The summed E-state index contributed by atoms with van der Waals surface area (Å²) < 4.78 is 26.6. The van der Waals surface area contributed by atoms with Crippen molar-refractivity contribution in [1.29, 1.82) is 5.26 Å². The van der Waals surface area contributed by atoms with Crippen molar-refractivity contribution in [2.75, 3.05) is 13.1 Å². The Morgan fingerprint density at radius 3 is 2.00 bits per heavy atom. The summed E-state index contributed by atoms with van der Waals surface area (Å²) in [5.74, 6) is -0.184. The molecule has 122 valence electrons. The number of nitriles is 1. The van der Waals surface area contributed by atoms with Gasteiger partial charge in [0.1, 0.15) is 11.6 Å². The van der Waals surface area contributed by atoms with Crippen LogP contribution in [0.1, 0.15) is 29.9 Å². The maximum Gasteiger partial charge on any atom is 0.123 e. The van der Waals surface area contributed by atoms with E-state index >= 15 is 0 Å². The van der Waals surface area contributed by atoms with Crippen molar-refractivity contribution in [3.8, 4) is 6.07 Å². The van der Waals surface area contributed by atoms with Crippen LogP contribution in [-0.2, 0) is 0 Å². The predicted octanol–water partition coefficient (Wildman–Crippen LogP) is 4.37. The van der Waals surface area contributed by atoms with Crippen LogP contribution < -0.4 is 0 Å². The first-order valence-electron chi connectivity index (χ1n) is 8.03. The first kappa shape index (κ1) is 16.6. The second kappa shape index (κ2) is 7.55. The molecule has 1 aliphatic rings. The molecular formula is C20H18F2N2. The van der Waals surface area contributed by atoms with Crippen LogP contribution in [0.2, 0.25) is 0 Å². The van der Waals surface area contributed by atoms with Gasteiger partial charge in [-0.15, -0.1) is 0 Å². The Balaban J connectivity index is 1.87. The van der Waals surface area contributed by atoms with Crippen LogP contribution in [0, 0.1) is 35.4 Å².